The summed E-state index contributed by atoms with van der Waals surface area (Å²) in [5, 5.41) is 2.06. The number of hydrogen-bond acceptors (Lipinski definition) is 5. The van der Waals surface area contributed by atoms with Gasteiger partial charge < -0.3 is 4.74 Å². The van der Waals surface area contributed by atoms with E-state index in [0.29, 0.717) is 5.75 Å². The molecule has 0 bridgehead atoms. The predicted molar refractivity (Wildman–Crippen MR) is 79.8 cm³/mol. The topological polar surface area (TPSA) is 119 Å². The summed E-state index contributed by atoms with van der Waals surface area (Å²) in [6, 6.07) is 13.5. The van der Waals surface area contributed by atoms with Gasteiger partial charge in [0, 0.05) is 12.3 Å². The van der Waals surface area contributed by atoms with E-state index < -0.39 is 0 Å². The molecule has 112 valence electrons. The third kappa shape index (κ3) is 5.47. The number of amides is 2. The highest BCUT2D eigenvalue weighted by atomic mass is 16.5. The summed E-state index contributed by atoms with van der Waals surface area (Å²) >= 11 is 0. The van der Waals surface area contributed by atoms with E-state index in [9.17, 15) is 9.59 Å². The molecule has 0 radical (unpaired) electrons. The molecule has 0 saturated carbocycles. The second kappa shape index (κ2) is 8.51. The average molecular weight is 290 g/mol. The Morgan fingerprint density at radius 1 is 1.05 bits per heavy atom. The number of hydrogen-bond donors (Lipinski definition) is 4. The van der Waals surface area contributed by atoms with Crippen LogP contribution < -0.4 is 27.3 Å². The lowest BCUT2D eigenvalue weighted by Gasteiger charge is -2.08. The highest BCUT2D eigenvalue weighted by Crippen LogP contribution is 2.24. The predicted octanol–water partition coefficient (Wildman–Crippen LogP) is 0.205. The minimum Gasteiger partial charge on any atom is -0.483 e. The van der Waals surface area contributed by atoms with Gasteiger partial charge in [0.15, 0.2) is 6.61 Å². The number of benzene rings is 2. The second-order valence-corrected chi connectivity index (χ2v) is 4.03. The van der Waals surface area contributed by atoms with E-state index in [2.05, 4.69) is 5.84 Å². The zero-order valence-electron chi connectivity index (χ0n) is 11.6. The SMILES string of the molecule is CC(=O)NN.NNC(=O)COc1cccc2ccccc12. The molecule has 0 aliphatic carbocycles. The first-order valence-corrected chi connectivity index (χ1v) is 6.15. The molecule has 0 atom stereocenters. The highest BCUT2D eigenvalue weighted by molar-refractivity contribution is 5.88. The number of ether oxygens (including phenoxy) is 1. The molecule has 0 aliphatic heterocycles. The quantitative estimate of drug-likeness (QED) is 0.366. The molecular formula is C14H18N4O3. The van der Waals surface area contributed by atoms with Crippen molar-refractivity contribution in [2.45, 2.75) is 6.92 Å². The molecule has 0 saturated heterocycles. The van der Waals surface area contributed by atoms with Crippen molar-refractivity contribution in [1.29, 1.82) is 0 Å². The first-order valence-electron chi connectivity index (χ1n) is 6.15. The van der Waals surface area contributed by atoms with Gasteiger partial charge in [-0.25, -0.2) is 11.7 Å². The molecule has 2 rings (SSSR count). The smallest absolute Gasteiger partial charge is 0.271 e. The summed E-state index contributed by atoms with van der Waals surface area (Å²) in [4.78, 5) is 20.5. The van der Waals surface area contributed by atoms with E-state index in [1.165, 1.54) is 6.92 Å². The maximum Gasteiger partial charge on any atom is 0.271 e. The van der Waals surface area contributed by atoms with Gasteiger partial charge in [0.25, 0.3) is 5.91 Å². The van der Waals surface area contributed by atoms with Gasteiger partial charge in [-0.2, -0.15) is 0 Å². The van der Waals surface area contributed by atoms with Gasteiger partial charge in [0.1, 0.15) is 5.75 Å². The minimum absolute atomic E-state index is 0.0789. The van der Waals surface area contributed by atoms with Crippen LogP contribution in [0.1, 0.15) is 6.92 Å². The van der Waals surface area contributed by atoms with Crippen molar-refractivity contribution in [3.05, 3.63) is 42.5 Å². The van der Waals surface area contributed by atoms with Crippen LogP contribution >= 0.6 is 0 Å². The summed E-state index contributed by atoms with van der Waals surface area (Å²) < 4.78 is 5.38. The third-order valence-corrected chi connectivity index (χ3v) is 2.47. The van der Waals surface area contributed by atoms with Gasteiger partial charge in [-0.1, -0.05) is 36.4 Å². The lowest BCUT2D eigenvalue weighted by molar-refractivity contribution is -0.123. The van der Waals surface area contributed by atoms with Gasteiger partial charge in [0.2, 0.25) is 5.91 Å². The largest absolute Gasteiger partial charge is 0.483 e. The Labute approximate surface area is 122 Å². The molecule has 7 heteroatoms. The Bertz CT molecular complexity index is 611. The van der Waals surface area contributed by atoms with Crippen LogP contribution in [0.2, 0.25) is 0 Å². The number of nitrogens with two attached hydrogens (primary N) is 2. The molecule has 0 spiro atoms. The van der Waals surface area contributed by atoms with Crippen LogP contribution in [0.15, 0.2) is 42.5 Å². The van der Waals surface area contributed by atoms with E-state index >= 15 is 0 Å². The van der Waals surface area contributed by atoms with Crippen LogP contribution in [0, 0.1) is 0 Å². The third-order valence-electron chi connectivity index (χ3n) is 2.47. The molecule has 0 aliphatic rings. The minimum atomic E-state index is -0.354. The van der Waals surface area contributed by atoms with Crippen LogP contribution in [0.3, 0.4) is 0 Å². The van der Waals surface area contributed by atoms with Gasteiger partial charge in [-0.05, 0) is 11.5 Å². The molecule has 0 unspecified atom stereocenters. The number of carbonyl (C=O) groups is 2. The Hall–Kier alpha value is -2.64. The lowest BCUT2D eigenvalue weighted by Crippen LogP contribution is -2.34. The van der Waals surface area contributed by atoms with Crippen LogP contribution in [0.25, 0.3) is 10.8 Å². The normalized spacial score (nSPS) is 9.29. The van der Waals surface area contributed by atoms with E-state index in [4.69, 9.17) is 10.6 Å². The van der Waals surface area contributed by atoms with Gasteiger partial charge in [-0.3, -0.25) is 20.4 Å². The zero-order chi connectivity index (χ0) is 15.7. The molecule has 0 fully saturated rings. The number of nitrogens with one attached hydrogen (secondary N) is 2. The monoisotopic (exact) mass is 290 g/mol. The highest BCUT2D eigenvalue weighted by Gasteiger charge is 2.03. The summed E-state index contributed by atoms with van der Waals surface area (Å²) in [5.41, 5.74) is 3.91. The molecule has 0 heterocycles. The van der Waals surface area contributed by atoms with Crippen molar-refractivity contribution in [1.82, 2.24) is 10.9 Å². The van der Waals surface area contributed by atoms with E-state index in [1.54, 1.807) is 0 Å². The maximum atomic E-state index is 11.0. The first-order chi connectivity index (χ1) is 10.1. The molecule has 2 aromatic rings. The molecule has 2 amide bonds. The van der Waals surface area contributed by atoms with Gasteiger partial charge in [-0.15, -0.1) is 0 Å². The van der Waals surface area contributed by atoms with Crippen molar-refractivity contribution in [3.8, 4) is 5.75 Å². The average Bonchev–Trinajstić information content (AvgIpc) is 2.53. The maximum absolute atomic E-state index is 11.0. The molecule has 6 N–H and O–H groups in total. The molecule has 21 heavy (non-hydrogen) atoms. The van der Waals surface area contributed by atoms with Crippen molar-refractivity contribution >= 4 is 22.6 Å². The van der Waals surface area contributed by atoms with E-state index in [1.807, 2.05) is 53.3 Å². The zero-order valence-corrected chi connectivity index (χ0v) is 11.6. The molecular weight excluding hydrogens is 272 g/mol. The summed E-state index contributed by atoms with van der Waals surface area (Å²) in [6.45, 7) is 1.27. The van der Waals surface area contributed by atoms with Crippen LogP contribution in [-0.4, -0.2) is 18.4 Å². The van der Waals surface area contributed by atoms with Crippen LogP contribution in [-0.2, 0) is 9.59 Å². The van der Waals surface area contributed by atoms with E-state index in [-0.39, 0.29) is 18.4 Å². The lowest BCUT2D eigenvalue weighted by atomic mass is 10.1. The number of hydrazine groups is 2. The summed E-state index contributed by atoms with van der Waals surface area (Å²) in [5.74, 6) is 9.65. The van der Waals surface area contributed by atoms with Crippen molar-refractivity contribution < 1.29 is 14.3 Å². The number of fused-ring (bicyclic) bond motifs is 1. The first kappa shape index (κ1) is 16.4. The van der Waals surface area contributed by atoms with Crippen LogP contribution in [0.4, 0.5) is 0 Å². The molecule has 7 nitrogen and oxygen atoms in total. The van der Waals surface area contributed by atoms with Crippen LogP contribution in [0.5, 0.6) is 5.75 Å². The molecule has 2 aromatic carbocycles. The van der Waals surface area contributed by atoms with E-state index in [0.717, 1.165) is 10.8 Å². The fourth-order valence-electron chi connectivity index (χ4n) is 1.51. The summed E-state index contributed by atoms with van der Waals surface area (Å²) in [6.07, 6.45) is 0. The standard InChI is InChI=1S/C12H12N2O2.C2H6N2O/c13-14-12(15)8-16-11-7-3-5-9-4-1-2-6-10(9)11;1-2(5)4-3/h1-7H,8,13H2,(H,14,15);3H2,1H3,(H,4,5). The Balaban J connectivity index is 0.000000383. The number of rotatable bonds is 3. The Morgan fingerprint density at radius 2 is 1.67 bits per heavy atom. The van der Waals surface area contributed by atoms with Crippen molar-refractivity contribution in [2.75, 3.05) is 6.61 Å². The van der Waals surface area contributed by atoms with Crippen molar-refractivity contribution in [2.24, 2.45) is 11.7 Å². The Morgan fingerprint density at radius 3 is 2.29 bits per heavy atom. The second-order valence-electron chi connectivity index (χ2n) is 4.03. The molecule has 0 aromatic heterocycles. The number of carbonyl (C=O) groups excluding carboxylic acids is 2. The fraction of sp³-hybridized carbons (Fsp3) is 0.143. The van der Waals surface area contributed by atoms with Gasteiger partial charge >= 0.3 is 0 Å². The fourth-order valence-corrected chi connectivity index (χ4v) is 1.51. The van der Waals surface area contributed by atoms with Crippen molar-refractivity contribution in [3.63, 3.8) is 0 Å². The summed E-state index contributed by atoms with van der Waals surface area (Å²) in [7, 11) is 0. The van der Waals surface area contributed by atoms with Gasteiger partial charge in [0.05, 0.1) is 0 Å². The Kier molecular flexibility index (Phi) is 6.66.